The summed E-state index contributed by atoms with van der Waals surface area (Å²) in [6.45, 7) is 0.815. The number of hydrogen-bond acceptors (Lipinski definition) is 3. The molecule has 1 saturated carbocycles. The predicted molar refractivity (Wildman–Crippen MR) is 134 cm³/mol. The Hall–Kier alpha value is -0.940. The second kappa shape index (κ2) is 11.6. The number of halogens is 5. The average Bonchev–Trinajstić information content (AvgIpc) is 2.70. The van der Waals surface area contributed by atoms with Gasteiger partial charge in [-0.3, -0.25) is 4.98 Å². The Morgan fingerprint density at radius 2 is 1.57 bits per heavy atom. The molecule has 0 amide bonds. The van der Waals surface area contributed by atoms with Crippen molar-refractivity contribution in [3.8, 4) is 0 Å². The molecular weight excluding hydrogens is 484 g/mol. The molecule has 30 heavy (non-hydrogen) atoms. The number of benzene rings is 2. The Morgan fingerprint density at radius 3 is 2.30 bits per heavy atom. The lowest BCUT2D eigenvalue weighted by atomic mass is 9.90. The van der Waals surface area contributed by atoms with E-state index in [1.54, 1.807) is 0 Å². The summed E-state index contributed by atoms with van der Waals surface area (Å²) in [4.78, 5) is 4.42. The van der Waals surface area contributed by atoms with E-state index in [9.17, 15) is 0 Å². The maximum Gasteiger partial charge on any atom is 0.0737 e. The Morgan fingerprint density at radius 1 is 0.833 bits per heavy atom. The normalized spacial score (nSPS) is 18.4. The molecule has 0 spiro atoms. The van der Waals surface area contributed by atoms with E-state index in [-0.39, 0.29) is 24.8 Å². The van der Waals surface area contributed by atoms with Crippen molar-refractivity contribution in [3.05, 3.63) is 69.3 Å². The Bertz CT molecular complexity index is 974. The lowest BCUT2D eigenvalue weighted by Gasteiger charge is -2.30. The van der Waals surface area contributed by atoms with E-state index in [1.807, 2.05) is 48.7 Å². The van der Waals surface area contributed by atoms with Crippen LogP contribution in [-0.2, 0) is 6.54 Å². The van der Waals surface area contributed by atoms with Crippen molar-refractivity contribution in [2.45, 2.75) is 44.3 Å². The van der Waals surface area contributed by atoms with Gasteiger partial charge in [-0.25, -0.2) is 0 Å². The van der Waals surface area contributed by atoms with E-state index in [4.69, 9.17) is 34.8 Å². The minimum absolute atomic E-state index is 0. The SMILES string of the molecule is Cl.Cl.Clc1ccc2c(N[C@H]3CC[C@@H](NCc4ccc(Cl)c(Cl)c4)CC3)ccnc2c1. The average molecular weight is 508 g/mol. The molecule has 1 aliphatic carbocycles. The number of pyridine rings is 1. The highest BCUT2D eigenvalue weighted by Crippen LogP contribution is 2.28. The van der Waals surface area contributed by atoms with Crippen LogP contribution in [0.25, 0.3) is 10.9 Å². The molecule has 1 heterocycles. The van der Waals surface area contributed by atoms with E-state index in [0.717, 1.165) is 54.4 Å². The minimum Gasteiger partial charge on any atom is -0.382 e. The first kappa shape index (κ1) is 25.3. The second-order valence-electron chi connectivity index (χ2n) is 7.34. The minimum atomic E-state index is 0. The zero-order chi connectivity index (χ0) is 19.5. The molecule has 1 aliphatic rings. The Kier molecular flexibility index (Phi) is 9.80. The topological polar surface area (TPSA) is 37.0 Å². The van der Waals surface area contributed by atoms with Crippen LogP contribution in [-0.4, -0.2) is 17.1 Å². The van der Waals surface area contributed by atoms with Gasteiger partial charge in [0.1, 0.15) is 0 Å². The predicted octanol–water partition coefficient (Wildman–Crippen LogP) is 7.55. The molecule has 0 atom stereocenters. The summed E-state index contributed by atoms with van der Waals surface area (Å²) in [6, 6.07) is 14.7. The number of rotatable bonds is 5. The van der Waals surface area contributed by atoms with Gasteiger partial charge in [0, 0.05) is 40.9 Å². The van der Waals surface area contributed by atoms with Crippen LogP contribution in [0.4, 0.5) is 5.69 Å². The van der Waals surface area contributed by atoms with Crippen LogP contribution in [0.3, 0.4) is 0 Å². The number of nitrogens with zero attached hydrogens (tertiary/aromatic N) is 1. The standard InChI is InChI=1S/C22H22Cl3N3.2ClH/c23-15-2-7-18-21(9-10-26-22(18)12-15)28-17-5-3-16(4-6-17)27-13-14-1-8-19(24)20(25)11-14;;/h1-2,7-12,16-17,27H,3-6,13H2,(H,26,28);2*1H/t16-,17+;;. The molecule has 3 nitrogen and oxygen atoms in total. The molecule has 0 unspecified atom stereocenters. The van der Waals surface area contributed by atoms with Crippen LogP contribution >= 0.6 is 59.6 Å². The highest BCUT2D eigenvalue weighted by atomic mass is 35.5. The molecule has 0 aliphatic heterocycles. The van der Waals surface area contributed by atoms with Crippen LogP contribution < -0.4 is 10.6 Å². The third-order valence-electron chi connectivity index (χ3n) is 5.37. The van der Waals surface area contributed by atoms with Crippen LogP contribution in [0.1, 0.15) is 31.2 Å². The maximum atomic E-state index is 6.10. The van der Waals surface area contributed by atoms with Crippen molar-refractivity contribution in [2.24, 2.45) is 0 Å². The Labute approximate surface area is 204 Å². The van der Waals surface area contributed by atoms with Gasteiger partial charge < -0.3 is 10.6 Å². The highest BCUT2D eigenvalue weighted by molar-refractivity contribution is 6.42. The van der Waals surface area contributed by atoms with E-state index >= 15 is 0 Å². The fraction of sp³-hybridized carbons (Fsp3) is 0.318. The van der Waals surface area contributed by atoms with Crippen LogP contribution in [0, 0.1) is 0 Å². The first-order valence-corrected chi connectivity index (χ1v) is 10.7. The van der Waals surface area contributed by atoms with Gasteiger partial charge in [0.25, 0.3) is 0 Å². The molecule has 0 radical (unpaired) electrons. The van der Waals surface area contributed by atoms with Crippen molar-refractivity contribution in [2.75, 3.05) is 5.32 Å². The van der Waals surface area contributed by atoms with Crippen LogP contribution in [0.15, 0.2) is 48.7 Å². The van der Waals surface area contributed by atoms with Gasteiger partial charge in [0.15, 0.2) is 0 Å². The lowest BCUT2D eigenvalue weighted by molar-refractivity contribution is 0.353. The third kappa shape index (κ3) is 6.29. The summed E-state index contributed by atoms with van der Waals surface area (Å²) >= 11 is 18.2. The molecule has 162 valence electrons. The smallest absolute Gasteiger partial charge is 0.0737 e. The first-order chi connectivity index (χ1) is 13.6. The quantitative estimate of drug-likeness (QED) is 0.374. The molecule has 2 N–H and O–H groups in total. The number of hydrogen-bond donors (Lipinski definition) is 2. The summed E-state index contributed by atoms with van der Waals surface area (Å²) in [5.41, 5.74) is 3.22. The molecule has 3 aromatic rings. The fourth-order valence-electron chi connectivity index (χ4n) is 3.82. The van der Waals surface area contributed by atoms with Crippen molar-refractivity contribution in [1.82, 2.24) is 10.3 Å². The second-order valence-corrected chi connectivity index (χ2v) is 8.59. The highest BCUT2D eigenvalue weighted by Gasteiger charge is 2.21. The zero-order valence-corrected chi connectivity index (χ0v) is 20.1. The molecule has 1 fully saturated rings. The van der Waals surface area contributed by atoms with Gasteiger partial charge in [0.05, 0.1) is 15.6 Å². The zero-order valence-electron chi connectivity index (χ0n) is 16.2. The van der Waals surface area contributed by atoms with E-state index in [2.05, 4.69) is 15.6 Å². The lowest BCUT2D eigenvalue weighted by Crippen LogP contribution is -2.36. The molecule has 1 aromatic heterocycles. The summed E-state index contributed by atoms with van der Waals surface area (Å²) in [7, 11) is 0. The number of fused-ring (bicyclic) bond motifs is 1. The Balaban J connectivity index is 0.00000160. The largest absolute Gasteiger partial charge is 0.382 e. The maximum absolute atomic E-state index is 6.10. The van der Waals surface area contributed by atoms with Gasteiger partial charge in [-0.05, 0) is 67.6 Å². The van der Waals surface area contributed by atoms with Crippen molar-refractivity contribution < 1.29 is 0 Å². The summed E-state index contributed by atoms with van der Waals surface area (Å²) < 4.78 is 0. The van der Waals surface area contributed by atoms with Gasteiger partial charge >= 0.3 is 0 Å². The van der Waals surface area contributed by atoms with Crippen molar-refractivity contribution in [1.29, 1.82) is 0 Å². The summed E-state index contributed by atoms with van der Waals surface area (Å²) in [5, 5.41) is 10.4. The number of anilines is 1. The summed E-state index contributed by atoms with van der Waals surface area (Å²) in [5.74, 6) is 0. The molecular formula is C22H24Cl5N3. The fourth-order valence-corrected chi connectivity index (χ4v) is 4.31. The van der Waals surface area contributed by atoms with Crippen molar-refractivity contribution >= 4 is 76.2 Å². The molecule has 2 aromatic carbocycles. The van der Waals surface area contributed by atoms with Gasteiger partial charge in [-0.2, -0.15) is 0 Å². The van der Waals surface area contributed by atoms with Crippen LogP contribution in [0.2, 0.25) is 15.1 Å². The van der Waals surface area contributed by atoms with Gasteiger partial charge in [0.2, 0.25) is 0 Å². The summed E-state index contributed by atoms with van der Waals surface area (Å²) in [6.07, 6.45) is 6.40. The van der Waals surface area contributed by atoms with E-state index < -0.39 is 0 Å². The number of nitrogens with one attached hydrogen (secondary N) is 2. The van der Waals surface area contributed by atoms with E-state index in [1.165, 1.54) is 0 Å². The molecule has 0 saturated heterocycles. The van der Waals surface area contributed by atoms with Crippen molar-refractivity contribution in [3.63, 3.8) is 0 Å². The van der Waals surface area contributed by atoms with Gasteiger partial charge in [-0.1, -0.05) is 40.9 Å². The van der Waals surface area contributed by atoms with E-state index in [0.29, 0.717) is 27.2 Å². The molecule has 8 heteroatoms. The molecule has 0 bridgehead atoms. The monoisotopic (exact) mass is 505 g/mol. The molecule has 4 rings (SSSR count). The number of aromatic nitrogens is 1. The van der Waals surface area contributed by atoms with Gasteiger partial charge in [-0.15, -0.1) is 24.8 Å². The third-order valence-corrected chi connectivity index (χ3v) is 6.34. The first-order valence-electron chi connectivity index (χ1n) is 9.56. The van der Waals surface area contributed by atoms with Crippen LogP contribution in [0.5, 0.6) is 0 Å².